The highest BCUT2D eigenvalue weighted by Gasteiger charge is 2.05. The Balaban J connectivity index is 0. The summed E-state index contributed by atoms with van der Waals surface area (Å²) >= 11 is 0. The topological polar surface area (TPSA) is 40.5 Å². The van der Waals surface area contributed by atoms with Crippen LogP contribution in [-0.4, -0.2) is 35.1 Å². The summed E-state index contributed by atoms with van der Waals surface area (Å²) in [6.07, 6.45) is 31.6. The number of unbranched alkanes of at least 4 members (excludes halogenated alkanes) is 21. The normalized spacial score (nSPS) is 11.2. The molecule has 0 aliphatic rings. The quantitative estimate of drug-likeness (QED) is 0.111. The van der Waals surface area contributed by atoms with Crippen LogP contribution < -0.4 is 0 Å². The van der Waals surface area contributed by atoms with E-state index in [9.17, 15) is 4.79 Å². The van der Waals surface area contributed by atoms with Crippen molar-refractivity contribution in [2.24, 2.45) is 0 Å². The largest absolute Gasteiger partial charge is 0.481 e. The summed E-state index contributed by atoms with van der Waals surface area (Å²) in [6, 6.07) is 0.717. The van der Waals surface area contributed by atoms with Crippen LogP contribution in [0.2, 0.25) is 0 Å². The van der Waals surface area contributed by atoms with E-state index in [4.69, 9.17) is 5.11 Å². The van der Waals surface area contributed by atoms with Crippen LogP contribution in [0, 0.1) is 0 Å². The molecule has 0 aromatic rings. The Kier molecular flexibility index (Phi) is 33.9. The number of rotatable bonds is 27. The first-order chi connectivity index (χ1) is 17.5. The Bertz CT molecular complexity index is 410. The standard InChI is InChI=1S/C18H36O2.C15H33N/c1-2-3-4-5-6-7-8-9-10-11-12-13-14-15-16-17-18(19)20;1-5-7-8-9-10-11-12-13-14-16(6-2)15(3)4/h2-17H2,1H3,(H,19,20);15H,5-14H2,1-4H3. The van der Waals surface area contributed by atoms with Gasteiger partial charge in [0.2, 0.25) is 0 Å². The second-order valence-corrected chi connectivity index (χ2v) is 11.3. The summed E-state index contributed by atoms with van der Waals surface area (Å²) < 4.78 is 0. The van der Waals surface area contributed by atoms with Crippen molar-refractivity contribution in [1.29, 1.82) is 0 Å². The van der Waals surface area contributed by atoms with Gasteiger partial charge in [-0.1, -0.05) is 156 Å². The van der Waals surface area contributed by atoms with Gasteiger partial charge in [-0.2, -0.15) is 0 Å². The van der Waals surface area contributed by atoms with Gasteiger partial charge in [0.05, 0.1) is 0 Å². The van der Waals surface area contributed by atoms with Gasteiger partial charge in [-0.3, -0.25) is 4.79 Å². The van der Waals surface area contributed by atoms with Gasteiger partial charge in [-0.05, 0) is 39.8 Å². The monoisotopic (exact) mass is 512 g/mol. The smallest absolute Gasteiger partial charge is 0.303 e. The molecular formula is C33H69NO2. The molecule has 0 fully saturated rings. The first kappa shape index (κ1) is 37.6. The molecule has 1 N–H and O–H groups in total. The van der Waals surface area contributed by atoms with Gasteiger partial charge in [0.15, 0.2) is 0 Å². The summed E-state index contributed by atoms with van der Waals surface area (Å²) in [4.78, 5) is 12.9. The Hall–Kier alpha value is -0.570. The highest BCUT2D eigenvalue weighted by atomic mass is 16.4. The Morgan fingerprint density at radius 1 is 0.528 bits per heavy atom. The summed E-state index contributed by atoms with van der Waals surface area (Å²) in [6.45, 7) is 13.9. The van der Waals surface area contributed by atoms with Crippen molar-refractivity contribution in [2.45, 2.75) is 195 Å². The van der Waals surface area contributed by atoms with E-state index < -0.39 is 5.97 Å². The average Bonchev–Trinajstić information content (AvgIpc) is 2.85. The summed E-state index contributed by atoms with van der Waals surface area (Å²) in [5.41, 5.74) is 0. The van der Waals surface area contributed by atoms with E-state index in [-0.39, 0.29) is 0 Å². The second kappa shape index (κ2) is 32.5. The van der Waals surface area contributed by atoms with Crippen molar-refractivity contribution in [2.75, 3.05) is 13.1 Å². The Labute approximate surface area is 228 Å². The fourth-order valence-electron chi connectivity index (χ4n) is 4.88. The zero-order chi connectivity index (χ0) is 27.1. The first-order valence-corrected chi connectivity index (χ1v) is 16.4. The van der Waals surface area contributed by atoms with Gasteiger partial charge in [-0.15, -0.1) is 0 Å². The molecule has 0 heterocycles. The number of nitrogens with zero attached hydrogens (tertiary/aromatic N) is 1. The maximum atomic E-state index is 10.3. The van der Waals surface area contributed by atoms with Crippen molar-refractivity contribution in [3.05, 3.63) is 0 Å². The molecule has 0 aliphatic carbocycles. The van der Waals surface area contributed by atoms with Crippen LogP contribution in [0.5, 0.6) is 0 Å². The van der Waals surface area contributed by atoms with E-state index in [0.29, 0.717) is 6.42 Å². The lowest BCUT2D eigenvalue weighted by Gasteiger charge is -2.24. The summed E-state index contributed by atoms with van der Waals surface area (Å²) in [7, 11) is 0. The van der Waals surface area contributed by atoms with Gasteiger partial charge >= 0.3 is 5.97 Å². The molecule has 218 valence electrons. The van der Waals surface area contributed by atoms with Crippen LogP contribution in [0.1, 0.15) is 189 Å². The maximum Gasteiger partial charge on any atom is 0.303 e. The average molecular weight is 512 g/mol. The molecule has 0 aromatic carbocycles. The molecule has 0 saturated heterocycles. The summed E-state index contributed by atoms with van der Waals surface area (Å²) in [5, 5.41) is 8.52. The molecule has 0 bridgehead atoms. The van der Waals surface area contributed by atoms with Gasteiger partial charge in [0.25, 0.3) is 0 Å². The van der Waals surface area contributed by atoms with E-state index in [0.717, 1.165) is 18.9 Å². The predicted molar refractivity (Wildman–Crippen MR) is 162 cm³/mol. The van der Waals surface area contributed by atoms with Crippen molar-refractivity contribution in [3.8, 4) is 0 Å². The molecule has 0 atom stereocenters. The Morgan fingerprint density at radius 2 is 0.833 bits per heavy atom. The molecule has 0 amide bonds. The van der Waals surface area contributed by atoms with Crippen LogP contribution in [-0.2, 0) is 4.79 Å². The molecule has 0 aliphatic heterocycles. The van der Waals surface area contributed by atoms with E-state index in [1.807, 2.05) is 0 Å². The molecule has 0 saturated carbocycles. The number of hydrogen-bond acceptors (Lipinski definition) is 2. The van der Waals surface area contributed by atoms with E-state index in [1.165, 1.54) is 148 Å². The van der Waals surface area contributed by atoms with E-state index in [2.05, 4.69) is 39.5 Å². The molecular weight excluding hydrogens is 442 g/mol. The summed E-state index contributed by atoms with van der Waals surface area (Å²) in [5.74, 6) is -0.653. The number of carboxylic acid groups (broad SMARTS) is 1. The van der Waals surface area contributed by atoms with Crippen LogP contribution in [0.4, 0.5) is 0 Å². The van der Waals surface area contributed by atoms with Gasteiger partial charge in [-0.25, -0.2) is 0 Å². The lowest BCUT2D eigenvalue weighted by molar-refractivity contribution is -0.137. The fourth-order valence-corrected chi connectivity index (χ4v) is 4.88. The number of carboxylic acids is 1. The lowest BCUT2D eigenvalue weighted by Crippen LogP contribution is -2.31. The minimum Gasteiger partial charge on any atom is -0.481 e. The SMILES string of the molecule is CCCCCCCCCCCCCCCCCC(=O)O.CCCCCCCCCCN(CC)C(C)C. The highest BCUT2D eigenvalue weighted by Crippen LogP contribution is 2.14. The van der Waals surface area contributed by atoms with Crippen molar-refractivity contribution in [3.63, 3.8) is 0 Å². The third-order valence-corrected chi connectivity index (χ3v) is 7.43. The molecule has 0 spiro atoms. The predicted octanol–water partition coefficient (Wildman–Crippen LogP) is 11.2. The molecule has 0 radical (unpaired) electrons. The molecule has 0 unspecified atom stereocenters. The molecule has 0 rings (SSSR count). The van der Waals surface area contributed by atoms with E-state index >= 15 is 0 Å². The molecule has 0 aromatic heterocycles. The third kappa shape index (κ3) is 33.4. The zero-order valence-corrected chi connectivity index (χ0v) is 25.8. The highest BCUT2D eigenvalue weighted by molar-refractivity contribution is 5.66. The maximum absolute atomic E-state index is 10.3. The molecule has 3 heteroatoms. The van der Waals surface area contributed by atoms with Gasteiger partial charge in [0, 0.05) is 12.5 Å². The first-order valence-electron chi connectivity index (χ1n) is 16.4. The third-order valence-electron chi connectivity index (χ3n) is 7.43. The van der Waals surface area contributed by atoms with E-state index in [1.54, 1.807) is 0 Å². The van der Waals surface area contributed by atoms with Gasteiger partial charge < -0.3 is 10.0 Å². The second-order valence-electron chi connectivity index (χ2n) is 11.3. The lowest BCUT2D eigenvalue weighted by atomic mass is 10.0. The number of hydrogen-bond donors (Lipinski definition) is 1. The zero-order valence-electron chi connectivity index (χ0n) is 25.8. The molecule has 3 nitrogen and oxygen atoms in total. The van der Waals surface area contributed by atoms with Crippen molar-refractivity contribution >= 4 is 5.97 Å². The fraction of sp³-hybridized carbons (Fsp3) is 0.970. The van der Waals surface area contributed by atoms with Crippen LogP contribution in [0.15, 0.2) is 0 Å². The number of aliphatic carboxylic acids is 1. The van der Waals surface area contributed by atoms with Crippen molar-refractivity contribution < 1.29 is 9.90 Å². The molecule has 36 heavy (non-hydrogen) atoms. The minimum absolute atomic E-state index is 0.345. The van der Waals surface area contributed by atoms with Gasteiger partial charge in [0.1, 0.15) is 0 Å². The Morgan fingerprint density at radius 3 is 1.11 bits per heavy atom. The van der Waals surface area contributed by atoms with Crippen LogP contribution >= 0.6 is 0 Å². The van der Waals surface area contributed by atoms with Crippen LogP contribution in [0.25, 0.3) is 0 Å². The van der Waals surface area contributed by atoms with Crippen molar-refractivity contribution in [1.82, 2.24) is 4.90 Å². The van der Waals surface area contributed by atoms with Crippen LogP contribution in [0.3, 0.4) is 0 Å². The minimum atomic E-state index is -0.653. The number of carbonyl (C=O) groups is 1.